The molecule has 2 aliphatic rings. The van der Waals surface area contributed by atoms with Gasteiger partial charge in [0.05, 0.1) is 17.8 Å². The summed E-state index contributed by atoms with van der Waals surface area (Å²) in [4.78, 5) is 0. The second kappa shape index (κ2) is 6.33. The Hall–Kier alpha value is -1.66. The van der Waals surface area contributed by atoms with Crippen LogP contribution in [0.3, 0.4) is 0 Å². The molecule has 0 atom stereocenters. The lowest BCUT2D eigenvalue weighted by atomic mass is 9.78. The van der Waals surface area contributed by atoms with Gasteiger partial charge in [-0.1, -0.05) is 19.1 Å². The molecular formula is C18H25BO5. The van der Waals surface area contributed by atoms with Crippen LogP contribution >= 0.6 is 0 Å². The highest BCUT2D eigenvalue weighted by molar-refractivity contribution is 6.63. The van der Waals surface area contributed by atoms with Gasteiger partial charge in [-0.25, -0.2) is 0 Å². The molecule has 1 saturated heterocycles. The first-order valence-electron chi connectivity index (χ1n) is 8.42. The second-order valence-electron chi connectivity index (χ2n) is 7.11. The topological polar surface area (TPSA) is 46.2 Å². The fourth-order valence-corrected chi connectivity index (χ4v) is 2.60. The average Bonchev–Trinajstić information content (AvgIpc) is 3.12. The minimum Gasteiger partial charge on any atom is -0.494 e. The van der Waals surface area contributed by atoms with Crippen molar-refractivity contribution >= 4 is 12.6 Å². The summed E-state index contributed by atoms with van der Waals surface area (Å²) < 4.78 is 29.1. The highest BCUT2D eigenvalue weighted by atomic mass is 16.7. The fourth-order valence-electron chi connectivity index (χ4n) is 2.60. The SMILES string of the molecule is CCCOc1cc(C2OC=CO2)ccc1B1OC(C)(C)C(C)(C)O1. The van der Waals surface area contributed by atoms with Gasteiger partial charge in [0.15, 0.2) is 0 Å². The van der Waals surface area contributed by atoms with Crippen LogP contribution in [0.1, 0.15) is 52.9 Å². The zero-order chi connectivity index (χ0) is 17.4. The Bertz CT molecular complexity index is 602. The number of hydrogen-bond donors (Lipinski definition) is 0. The van der Waals surface area contributed by atoms with Crippen molar-refractivity contribution in [3.8, 4) is 5.75 Å². The summed E-state index contributed by atoms with van der Waals surface area (Å²) in [6.45, 7) is 10.9. The maximum absolute atomic E-state index is 6.16. The lowest BCUT2D eigenvalue weighted by molar-refractivity contribution is -0.0247. The molecule has 0 aliphatic carbocycles. The van der Waals surface area contributed by atoms with Crippen LogP contribution in [0, 0.1) is 0 Å². The molecule has 0 aromatic heterocycles. The lowest BCUT2D eigenvalue weighted by Gasteiger charge is -2.32. The molecule has 6 heteroatoms. The van der Waals surface area contributed by atoms with Gasteiger partial charge in [0.2, 0.25) is 0 Å². The molecular weight excluding hydrogens is 307 g/mol. The third-order valence-electron chi connectivity index (χ3n) is 4.74. The van der Waals surface area contributed by atoms with E-state index in [0.29, 0.717) is 6.61 Å². The molecule has 2 aliphatic heterocycles. The first-order chi connectivity index (χ1) is 11.3. The molecule has 130 valence electrons. The van der Waals surface area contributed by atoms with E-state index in [1.807, 2.05) is 45.9 Å². The van der Waals surface area contributed by atoms with Gasteiger partial charge in [-0.2, -0.15) is 0 Å². The summed E-state index contributed by atoms with van der Waals surface area (Å²) >= 11 is 0. The Labute approximate surface area is 144 Å². The lowest BCUT2D eigenvalue weighted by Crippen LogP contribution is -2.41. The van der Waals surface area contributed by atoms with Gasteiger partial charge in [-0.15, -0.1) is 0 Å². The standard InChI is InChI=1S/C18H25BO5/c1-6-9-20-15-12-13(16-21-10-11-22-16)7-8-14(15)19-23-17(2,3)18(4,5)24-19/h7-8,10-12,16H,6,9H2,1-5H3. The van der Waals surface area contributed by atoms with E-state index in [2.05, 4.69) is 6.92 Å². The van der Waals surface area contributed by atoms with Gasteiger partial charge >= 0.3 is 7.12 Å². The molecule has 0 saturated carbocycles. The number of rotatable bonds is 5. The monoisotopic (exact) mass is 332 g/mol. The van der Waals surface area contributed by atoms with E-state index in [9.17, 15) is 0 Å². The smallest absolute Gasteiger partial charge is 0.494 e. The highest BCUT2D eigenvalue weighted by Gasteiger charge is 2.52. The van der Waals surface area contributed by atoms with Gasteiger partial charge in [-0.05, 0) is 40.2 Å². The molecule has 0 bridgehead atoms. The molecule has 5 nitrogen and oxygen atoms in total. The summed E-state index contributed by atoms with van der Waals surface area (Å²) in [6.07, 6.45) is 3.57. The maximum Gasteiger partial charge on any atom is 0.498 e. The van der Waals surface area contributed by atoms with Crippen LogP contribution in [0.15, 0.2) is 30.7 Å². The largest absolute Gasteiger partial charge is 0.498 e. The Morgan fingerprint density at radius 1 is 1.04 bits per heavy atom. The molecule has 24 heavy (non-hydrogen) atoms. The van der Waals surface area contributed by atoms with E-state index in [-0.39, 0.29) is 11.2 Å². The van der Waals surface area contributed by atoms with E-state index >= 15 is 0 Å². The van der Waals surface area contributed by atoms with E-state index in [1.54, 1.807) is 12.5 Å². The zero-order valence-corrected chi connectivity index (χ0v) is 15.0. The minimum absolute atomic E-state index is 0.389. The second-order valence-corrected chi connectivity index (χ2v) is 7.11. The third kappa shape index (κ3) is 3.13. The van der Waals surface area contributed by atoms with E-state index in [4.69, 9.17) is 23.5 Å². The number of ether oxygens (including phenoxy) is 3. The molecule has 3 rings (SSSR count). The molecule has 1 fully saturated rings. The Morgan fingerprint density at radius 3 is 2.25 bits per heavy atom. The Balaban J connectivity index is 1.89. The Morgan fingerprint density at radius 2 is 1.67 bits per heavy atom. The van der Waals surface area contributed by atoms with E-state index in [0.717, 1.165) is 23.2 Å². The van der Waals surface area contributed by atoms with Crippen LogP contribution in [-0.2, 0) is 18.8 Å². The van der Waals surface area contributed by atoms with Crippen molar-refractivity contribution in [2.45, 2.75) is 58.5 Å². The van der Waals surface area contributed by atoms with Crippen molar-refractivity contribution in [3.63, 3.8) is 0 Å². The maximum atomic E-state index is 6.16. The first kappa shape index (κ1) is 17.2. The van der Waals surface area contributed by atoms with Crippen molar-refractivity contribution < 1.29 is 23.5 Å². The van der Waals surface area contributed by atoms with Crippen molar-refractivity contribution in [2.75, 3.05) is 6.61 Å². The normalized spacial score (nSPS) is 21.6. The van der Waals surface area contributed by atoms with Crippen molar-refractivity contribution in [1.29, 1.82) is 0 Å². The van der Waals surface area contributed by atoms with Gasteiger partial charge < -0.3 is 23.5 Å². The first-order valence-corrected chi connectivity index (χ1v) is 8.42. The third-order valence-corrected chi connectivity index (χ3v) is 4.74. The summed E-state index contributed by atoms with van der Waals surface area (Å²) in [5.74, 6) is 0.743. The molecule has 0 spiro atoms. The van der Waals surface area contributed by atoms with Crippen LogP contribution in [-0.4, -0.2) is 24.9 Å². The molecule has 0 radical (unpaired) electrons. The van der Waals surface area contributed by atoms with Gasteiger partial charge in [0.1, 0.15) is 18.3 Å². The highest BCUT2D eigenvalue weighted by Crippen LogP contribution is 2.37. The Kier molecular flexibility index (Phi) is 4.53. The molecule has 1 aromatic rings. The number of hydrogen-bond acceptors (Lipinski definition) is 5. The van der Waals surface area contributed by atoms with Crippen LogP contribution in [0.25, 0.3) is 0 Å². The molecule has 0 N–H and O–H groups in total. The van der Waals surface area contributed by atoms with Crippen LogP contribution in [0.5, 0.6) is 5.75 Å². The minimum atomic E-state index is -0.459. The van der Waals surface area contributed by atoms with Gasteiger partial charge in [-0.3, -0.25) is 0 Å². The summed E-state index contributed by atoms with van der Waals surface area (Å²) in [5, 5.41) is 0. The summed E-state index contributed by atoms with van der Waals surface area (Å²) in [5.41, 5.74) is 1.00. The van der Waals surface area contributed by atoms with E-state index in [1.165, 1.54) is 0 Å². The predicted octanol–water partition coefficient (Wildman–Crippen LogP) is 3.29. The summed E-state index contributed by atoms with van der Waals surface area (Å²) in [7, 11) is -0.459. The van der Waals surface area contributed by atoms with Crippen molar-refractivity contribution in [1.82, 2.24) is 0 Å². The van der Waals surface area contributed by atoms with Gasteiger partial charge in [0, 0.05) is 11.0 Å². The van der Waals surface area contributed by atoms with Crippen molar-refractivity contribution in [2.24, 2.45) is 0 Å². The quantitative estimate of drug-likeness (QED) is 0.775. The summed E-state index contributed by atoms with van der Waals surface area (Å²) in [6, 6.07) is 5.86. The number of benzene rings is 1. The van der Waals surface area contributed by atoms with Crippen LogP contribution < -0.4 is 10.2 Å². The molecule has 0 amide bonds. The van der Waals surface area contributed by atoms with Crippen molar-refractivity contribution in [3.05, 3.63) is 36.3 Å². The zero-order valence-electron chi connectivity index (χ0n) is 15.0. The average molecular weight is 332 g/mol. The fraction of sp³-hybridized carbons (Fsp3) is 0.556. The van der Waals surface area contributed by atoms with E-state index < -0.39 is 13.4 Å². The van der Waals surface area contributed by atoms with Crippen LogP contribution in [0.4, 0.5) is 0 Å². The molecule has 2 heterocycles. The van der Waals surface area contributed by atoms with Crippen LogP contribution in [0.2, 0.25) is 0 Å². The molecule has 0 unspecified atom stereocenters. The van der Waals surface area contributed by atoms with Gasteiger partial charge in [0.25, 0.3) is 6.29 Å². The molecule has 1 aromatic carbocycles. The predicted molar refractivity (Wildman–Crippen MR) is 92.0 cm³/mol.